The van der Waals surface area contributed by atoms with Gasteiger partial charge in [0.2, 0.25) is 11.8 Å². The lowest BCUT2D eigenvalue weighted by atomic mass is 9.97. The van der Waals surface area contributed by atoms with Gasteiger partial charge in [-0.15, -0.1) is 0 Å². The van der Waals surface area contributed by atoms with Crippen LogP contribution in [0.3, 0.4) is 0 Å². The number of nitrogens with zero attached hydrogens (tertiary/aromatic N) is 3. The number of anilines is 1. The normalized spacial score (nSPS) is 20.2. The maximum atomic E-state index is 12.8. The summed E-state index contributed by atoms with van der Waals surface area (Å²) in [5.74, 6) is 0.342. The predicted molar refractivity (Wildman–Crippen MR) is 127 cm³/mol. The van der Waals surface area contributed by atoms with Gasteiger partial charge >= 0.3 is 6.03 Å². The number of halogens is 1. The van der Waals surface area contributed by atoms with Crippen LogP contribution in [0.15, 0.2) is 24.3 Å². The molecular weight excluding hydrogens is 511 g/mol. The number of aliphatic hydroxyl groups is 1. The zero-order valence-electron chi connectivity index (χ0n) is 17.9. The maximum Gasteiger partial charge on any atom is 0.322 e. The Hall–Kier alpha value is -1.88. The molecule has 2 fully saturated rings. The minimum absolute atomic E-state index is 0.0831. The lowest BCUT2D eigenvalue weighted by Crippen LogP contribution is -2.58. The first kappa shape index (κ1) is 23.8. The number of carbonyl (C=O) groups is 3. The highest BCUT2D eigenvalue weighted by atomic mass is 127. The number of carbonyl (C=O) groups excluding carboxylic acids is 3. The molecule has 0 bridgehead atoms. The molecule has 31 heavy (non-hydrogen) atoms. The van der Waals surface area contributed by atoms with Crippen LogP contribution in [0.1, 0.15) is 32.6 Å². The molecule has 1 aromatic rings. The lowest BCUT2D eigenvalue weighted by molar-refractivity contribution is -0.140. The van der Waals surface area contributed by atoms with Crippen LogP contribution in [0.5, 0.6) is 0 Å². The molecule has 2 heterocycles. The van der Waals surface area contributed by atoms with Crippen LogP contribution in [-0.4, -0.2) is 83.0 Å². The Morgan fingerprint density at radius 2 is 1.94 bits per heavy atom. The van der Waals surface area contributed by atoms with E-state index in [0.717, 1.165) is 16.4 Å². The van der Waals surface area contributed by atoms with E-state index in [9.17, 15) is 19.5 Å². The van der Waals surface area contributed by atoms with Crippen molar-refractivity contribution in [2.75, 3.05) is 44.6 Å². The van der Waals surface area contributed by atoms with Crippen molar-refractivity contribution in [2.24, 2.45) is 5.92 Å². The number of hydrogen-bond donors (Lipinski definition) is 2. The van der Waals surface area contributed by atoms with Gasteiger partial charge in [0.15, 0.2) is 0 Å². The van der Waals surface area contributed by atoms with E-state index in [2.05, 4.69) is 27.9 Å². The number of nitrogens with one attached hydrogen (secondary N) is 1. The molecule has 3 rings (SSSR count). The Morgan fingerprint density at radius 3 is 2.61 bits per heavy atom. The number of piperidine rings is 1. The summed E-state index contributed by atoms with van der Waals surface area (Å²) in [6.07, 6.45) is 2.74. The second kappa shape index (κ2) is 11.1. The molecule has 170 valence electrons. The van der Waals surface area contributed by atoms with Crippen molar-refractivity contribution in [3.8, 4) is 0 Å². The summed E-state index contributed by atoms with van der Waals surface area (Å²) in [5.41, 5.74) is 0.709. The highest BCUT2D eigenvalue weighted by Gasteiger charge is 2.34. The molecule has 1 aromatic carbocycles. The van der Waals surface area contributed by atoms with Crippen molar-refractivity contribution in [1.82, 2.24) is 14.7 Å². The summed E-state index contributed by atoms with van der Waals surface area (Å²) >= 11 is 2.19. The van der Waals surface area contributed by atoms with Crippen LogP contribution < -0.4 is 5.32 Å². The highest BCUT2D eigenvalue weighted by molar-refractivity contribution is 14.1. The van der Waals surface area contributed by atoms with Gasteiger partial charge in [0, 0.05) is 55.0 Å². The van der Waals surface area contributed by atoms with Crippen molar-refractivity contribution in [3.05, 3.63) is 27.8 Å². The van der Waals surface area contributed by atoms with Gasteiger partial charge in [-0.3, -0.25) is 9.59 Å². The van der Waals surface area contributed by atoms with Crippen LogP contribution in [0.2, 0.25) is 0 Å². The summed E-state index contributed by atoms with van der Waals surface area (Å²) < 4.78 is 1.02. The summed E-state index contributed by atoms with van der Waals surface area (Å²) in [6.45, 7) is 4.80. The molecule has 1 atom stereocenters. The number of hydrogen-bond acceptors (Lipinski definition) is 4. The van der Waals surface area contributed by atoms with E-state index >= 15 is 0 Å². The van der Waals surface area contributed by atoms with E-state index < -0.39 is 6.04 Å². The maximum absolute atomic E-state index is 12.8. The third kappa shape index (κ3) is 6.31. The monoisotopic (exact) mass is 542 g/mol. The van der Waals surface area contributed by atoms with Gasteiger partial charge in [-0.1, -0.05) is 6.07 Å². The highest BCUT2D eigenvalue weighted by Crippen LogP contribution is 2.19. The number of aliphatic hydroxyl groups excluding tert-OH is 1. The molecule has 0 aliphatic carbocycles. The van der Waals surface area contributed by atoms with E-state index in [4.69, 9.17) is 0 Å². The Kier molecular flexibility index (Phi) is 8.53. The van der Waals surface area contributed by atoms with Crippen LogP contribution in [0, 0.1) is 9.49 Å². The molecule has 2 saturated heterocycles. The van der Waals surface area contributed by atoms with Crippen molar-refractivity contribution in [3.63, 3.8) is 0 Å². The summed E-state index contributed by atoms with van der Waals surface area (Å²) in [5, 5.41) is 12.1. The lowest BCUT2D eigenvalue weighted by Gasteiger charge is -2.39. The zero-order chi connectivity index (χ0) is 22.4. The van der Waals surface area contributed by atoms with Gasteiger partial charge in [-0.05, 0) is 72.9 Å². The quantitative estimate of drug-likeness (QED) is 0.540. The zero-order valence-corrected chi connectivity index (χ0v) is 20.1. The molecule has 0 spiro atoms. The van der Waals surface area contributed by atoms with Crippen molar-refractivity contribution >= 4 is 46.1 Å². The predicted octanol–water partition coefficient (Wildman–Crippen LogP) is 2.37. The van der Waals surface area contributed by atoms with Gasteiger partial charge in [0.05, 0.1) is 0 Å². The summed E-state index contributed by atoms with van der Waals surface area (Å²) in [7, 11) is 0. The molecule has 4 amide bonds. The molecule has 8 nitrogen and oxygen atoms in total. The minimum atomic E-state index is -0.537. The van der Waals surface area contributed by atoms with Crippen molar-refractivity contribution < 1.29 is 19.5 Å². The number of urea groups is 1. The number of likely N-dealkylation sites (tertiary alicyclic amines) is 1. The van der Waals surface area contributed by atoms with Gasteiger partial charge in [0.1, 0.15) is 6.04 Å². The SMILES string of the molecule is C[C@H]1C(=O)N(CCCC(=O)N2CCC(CO)CC2)CCN1C(=O)Nc1cccc(I)c1. The number of piperazine rings is 1. The fourth-order valence-electron chi connectivity index (χ4n) is 4.13. The van der Waals surface area contributed by atoms with E-state index in [-0.39, 0.29) is 24.5 Å². The Bertz CT molecular complexity index is 797. The summed E-state index contributed by atoms with van der Waals surface area (Å²) in [6, 6.07) is 6.72. The smallest absolute Gasteiger partial charge is 0.322 e. The molecule has 0 saturated carbocycles. The molecular formula is C22H31IN4O4. The first-order valence-electron chi connectivity index (χ1n) is 10.9. The third-order valence-electron chi connectivity index (χ3n) is 6.13. The van der Waals surface area contributed by atoms with Gasteiger partial charge in [0.25, 0.3) is 0 Å². The van der Waals surface area contributed by atoms with Crippen LogP contribution >= 0.6 is 22.6 Å². The third-order valence-corrected chi connectivity index (χ3v) is 6.80. The Morgan fingerprint density at radius 1 is 1.19 bits per heavy atom. The topological polar surface area (TPSA) is 93.2 Å². The largest absolute Gasteiger partial charge is 0.396 e. The standard InChI is InChI=1S/C22H31IN4O4/c1-16-21(30)26(9-3-6-20(29)25-10-7-17(15-28)8-11-25)12-13-27(16)22(31)24-19-5-2-4-18(23)14-19/h2,4-5,14,16-17,28H,3,6-13,15H2,1H3,(H,24,31)/t16-/m0/s1. The summed E-state index contributed by atoms with van der Waals surface area (Å²) in [4.78, 5) is 43.0. The van der Waals surface area contributed by atoms with Crippen molar-refractivity contribution in [1.29, 1.82) is 0 Å². The van der Waals surface area contributed by atoms with E-state index in [1.54, 1.807) is 16.7 Å². The first-order valence-corrected chi connectivity index (χ1v) is 12.0. The van der Waals surface area contributed by atoms with Crippen molar-refractivity contribution in [2.45, 2.75) is 38.6 Å². The number of rotatable bonds is 6. The van der Waals surface area contributed by atoms with Crippen LogP contribution in [0.25, 0.3) is 0 Å². The molecule has 2 aliphatic heterocycles. The first-order chi connectivity index (χ1) is 14.9. The molecule has 0 unspecified atom stereocenters. The van der Waals surface area contributed by atoms with E-state index in [1.165, 1.54) is 0 Å². The van der Waals surface area contributed by atoms with E-state index in [0.29, 0.717) is 57.2 Å². The number of benzene rings is 1. The second-order valence-corrected chi connectivity index (χ2v) is 9.49. The van der Waals surface area contributed by atoms with Gasteiger partial charge in [-0.25, -0.2) is 4.79 Å². The number of amides is 4. The average Bonchev–Trinajstić information content (AvgIpc) is 2.76. The van der Waals surface area contributed by atoms with E-state index in [1.807, 2.05) is 29.2 Å². The minimum Gasteiger partial charge on any atom is -0.396 e. The molecule has 9 heteroatoms. The Balaban J connectivity index is 1.43. The fourth-order valence-corrected chi connectivity index (χ4v) is 4.68. The average molecular weight is 542 g/mol. The molecule has 0 radical (unpaired) electrons. The van der Waals surface area contributed by atoms with Crippen LogP contribution in [-0.2, 0) is 9.59 Å². The van der Waals surface area contributed by atoms with Gasteiger partial charge < -0.3 is 25.1 Å². The van der Waals surface area contributed by atoms with Gasteiger partial charge in [-0.2, -0.15) is 0 Å². The second-order valence-electron chi connectivity index (χ2n) is 8.25. The van der Waals surface area contributed by atoms with Crippen LogP contribution in [0.4, 0.5) is 10.5 Å². The Labute approximate surface area is 197 Å². The molecule has 2 N–H and O–H groups in total. The molecule has 2 aliphatic rings. The fraction of sp³-hybridized carbons (Fsp3) is 0.591. The molecule has 0 aromatic heterocycles.